The van der Waals surface area contributed by atoms with Gasteiger partial charge in [-0.15, -0.1) is 0 Å². The van der Waals surface area contributed by atoms with Crippen LogP contribution in [-0.4, -0.2) is 121 Å². The van der Waals surface area contributed by atoms with Gasteiger partial charge in [0.1, 0.15) is 86.5 Å². The van der Waals surface area contributed by atoms with Crippen LogP contribution in [0, 0.1) is 41.5 Å². The van der Waals surface area contributed by atoms with Gasteiger partial charge in [-0.25, -0.2) is 33.3 Å². The molecule has 18 aromatic rings. The van der Waals surface area contributed by atoms with Crippen molar-refractivity contribution in [2.45, 2.75) is 105 Å². The number of benzene rings is 6. The van der Waals surface area contributed by atoms with Gasteiger partial charge in [0.05, 0.1) is 60.3 Å². The summed E-state index contributed by atoms with van der Waals surface area (Å²) in [5.74, 6) is -14.3. The summed E-state index contributed by atoms with van der Waals surface area (Å²) >= 11 is 0. The number of aryl methyl sites for hydroxylation is 4. The van der Waals surface area contributed by atoms with E-state index in [0.717, 1.165) is 0 Å². The zero-order valence-corrected chi connectivity index (χ0v) is 79.0. The van der Waals surface area contributed by atoms with Gasteiger partial charge in [0.25, 0.3) is 11.3 Å². The van der Waals surface area contributed by atoms with Gasteiger partial charge in [-0.05, 0) is 163 Å². The van der Waals surface area contributed by atoms with Gasteiger partial charge < -0.3 is 61.3 Å². The Kier molecular flexibility index (Phi) is 17.6. The lowest BCUT2D eigenvalue weighted by Gasteiger charge is -2.19. The highest BCUT2D eigenvalue weighted by molar-refractivity contribution is 6.04. The van der Waals surface area contributed by atoms with Crippen molar-refractivity contribution in [1.29, 1.82) is 0 Å². The molecule has 42 nitrogen and oxygen atoms in total. The normalized spacial score (nSPS) is 17.0. The van der Waals surface area contributed by atoms with Gasteiger partial charge in [0.2, 0.25) is 59.7 Å². The summed E-state index contributed by atoms with van der Waals surface area (Å²) in [6.07, 6.45) is 9.94. The fourth-order valence-electron chi connectivity index (χ4n) is 24.2. The SMILES string of the molecule is Cc1c(C(=O)O)cc2c(O)c(CCc3cc4c5c(cc(C(=O)O)c(C)[n+]5[C@]5([n+]6c(C)c(C(=O)O)cc7c(O)c(CCc8cc9c%10c(cc(C(=O)O)c(C)[n+]%10[C@]%10([n+]%11c(C)c(C(=O)O)cc%12c(O)ccc([N+]%13=Nc%14cccc[n+]%14C%13)c%12%11)[N+]9=Nc9cccc[n+]9%10)c8O)cc([N+]8=Nc9cccc[n+]9C8)c76)[N+]4=Nc4cccc[n+]45)c3O)cc(N3C[n+]4ccccc4N3)c2[n+]1[C@@]12[N+](=Nc3cccc[n+]31)c1ccc(O)c3cc(C(=O)O)c(C)[n+]2c13. The number of fused-ring (bicyclic) bond motifs is 21. The molecule has 0 aliphatic carbocycles. The summed E-state index contributed by atoms with van der Waals surface area (Å²) in [6, 6.07) is 53.3. The number of pyridine rings is 12. The molecule has 9 aliphatic heterocycles. The number of aromatic nitrogens is 12. The minimum atomic E-state index is -2.21. The molecule has 0 radical (unpaired) electrons. The van der Waals surface area contributed by atoms with Crippen LogP contribution < -0.4 is 65.2 Å². The van der Waals surface area contributed by atoms with Crippen LogP contribution in [0.5, 0.6) is 34.5 Å². The number of phenols is 6. The third-order valence-corrected chi connectivity index (χ3v) is 30.6. The standard InChI is InChI=1S/C106H70N24O18/c1-52-62(98(137)138)43-68-80(131)31-29-74(119-49-113-33-13-7-19-82(113)107-119)88(68)122(52)105-117-37-17-11-23-86(117)111-129(105)78-41-60(96(135)72-47-66(102(145)146)56(5)126(105)92(72)78)27-26-59-40-77(121-51-115-35-15-9-21-84(115)109-121)91-71(95(59)134)46-65(101(143)144)55(4)125(91)106-118-38-18-12-24-87(118)112-130(106)79-42-61(97(136)73-48-67(103(147)148)57(6)127(106)93(73)79)28-25-58-39-76(120-50-114-34-14-8-20-83(114)108-120)90-70(94(58)133)45-64(100(141)142)54(3)124(90)104-116-36-16-10-22-85(116)110-128(104)75-30-32-81(132)69-44-63(99(139)140)53(2)123(104)89(69)75/h7-24,29-48H,25-28,49-51H2,1-6H3/q+4/p+13/t104-,105+,106+/m1/s1. The number of nitrogens with one attached hydrogen (secondary N) is 1. The van der Waals surface area contributed by atoms with Crippen LogP contribution in [0.25, 0.3) is 65.4 Å². The van der Waals surface area contributed by atoms with Crippen molar-refractivity contribution in [2.75, 3.05) is 10.4 Å². The molecule has 718 valence electrons. The number of aromatic hydroxyl groups is 6. The molecule has 148 heavy (non-hydrogen) atoms. The van der Waals surface area contributed by atoms with Crippen LogP contribution in [0.15, 0.2) is 257 Å². The van der Waals surface area contributed by atoms with E-state index in [1.165, 1.54) is 48.5 Å². The summed E-state index contributed by atoms with van der Waals surface area (Å²) in [7, 11) is 0. The summed E-state index contributed by atoms with van der Waals surface area (Å²) < 4.78 is 29.4. The second-order valence-corrected chi connectivity index (χ2v) is 38.0. The molecule has 13 N–H and O–H groups in total. The number of carboxylic acids is 6. The van der Waals surface area contributed by atoms with Gasteiger partial charge in [-0.1, -0.05) is 36.4 Å². The Morgan fingerprint density at radius 1 is 0.304 bits per heavy atom. The monoisotopic (exact) mass is 1980 g/mol. The predicted molar refractivity (Wildman–Crippen MR) is 502 cm³/mol. The summed E-state index contributed by atoms with van der Waals surface area (Å²) in [6.45, 7) is 9.85. The van der Waals surface area contributed by atoms with Crippen LogP contribution in [0.4, 0.5) is 69.0 Å². The van der Waals surface area contributed by atoms with E-state index in [0.29, 0.717) is 51.7 Å². The zero-order valence-electron chi connectivity index (χ0n) is 79.0. The largest absolute Gasteiger partial charge is 0.763 e. The van der Waals surface area contributed by atoms with Crippen molar-refractivity contribution in [3.63, 3.8) is 0 Å². The lowest BCUT2D eigenvalue weighted by Crippen LogP contribution is -2.88. The average molecular weight is 1980 g/mol. The third-order valence-electron chi connectivity index (χ3n) is 30.6. The van der Waals surface area contributed by atoms with Crippen LogP contribution in [-0.2, 0) is 63.4 Å². The Labute approximate surface area is 830 Å². The minimum Gasteiger partial charge on any atom is -0.507 e. The molecule has 6 aromatic carbocycles. The molecular formula is C106H83N24O18+17. The van der Waals surface area contributed by atoms with Crippen molar-refractivity contribution in [3.05, 3.63) is 321 Å². The number of rotatable bonds is 18. The average Bonchev–Trinajstić information content (AvgIpc) is 1.49. The van der Waals surface area contributed by atoms with Crippen LogP contribution in [0.3, 0.4) is 0 Å². The number of hydrazine groups is 1. The molecule has 3 atom stereocenters. The van der Waals surface area contributed by atoms with Crippen molar-refractivity contribution in [1.82, 2.24) is 0 Å². The quantitative estimate of drug-likeness (QED) is 0.0355. The minimum absolute atomic E-state index is 0.00240. The highest BCUT2D eigenvalue weighted by Gasteiger charge is 2.89. The molecule has 0 unspecified atom stereocenters. The van der Waals surface area contributed by atoms with E-state index in [1.54, 1.807) is 228 Å². The Hall–Kier alpha value is -20.1. The van der Waals surface area contributed by atoms with E-state index < -0.39 is 76.5 Å². The van der Waals surface area contributed by atoms with Crippen LogP contribution in [0.1, 0.15) is 119 Å². The lowest BCUT2D eigenvalue weighted by molar-refractivity contribution is -1.26. The molecule has 0 fully saturated rings. The van der Waals surface area contributed by atoms with Gasteiger partial charge in [0.15, 0.2) is 26.4 Å². The number of azo groups is 10. The topological polar surface area (TPSA) is 484 Å². The highest BCUT2D eigenvalue weighted by Crippen LogP contribution is 2.53. The van der Waals surface area contributed by atoms with Crippen molar-refractivity contribution in [2.24, 2.45) is 25.6 Å². The number of carboxylic acid groups (broad SMARTS) is 6. The van der Waals surface area contributed by atoms with Gasteiger partial charge >= 0.3 is 152 Å². The molecule has 0 spiro atoms. The van der Waals surface area contributed by atoms with Gasteiger partial charge in [-0.2, -0.15) is 19.6 Å². The molecule has 0 bridgehead atoms. The first-order chi connectivity index (χ1) is 71.3. The molecule has 12 aromatic heterocycles. The summed E-state index contributed by atoms with van der Waals surface area (Å²) in [5.41, 5.74) is 6.31. The predicted octanol–water partition coefficient (Wildman–Crippen LogP) is 9.76. The number of aromatic carboxylic acids is 6. The molecule has 27 rings (SSSR count). The number of hydrogen-bond acceptors (Lipinski definition) is 19. The Morgan fingerprint density at radius 2 is 0.595 bits per heavy atom. The van der Waals surface area contributed by atoms with E-state index >= 15 is 0 Å². The van der Waals surface area contributed by atoms with Crippen LogP contribution in [0.2, 0.25) is 0 Å². The second-order valence-electron chi connectivity index (χ2n) is 38.0. The first kappa shape index (κ1) is 87.0. The molecule has 0 saturated heterocycles. The fraction of sp³-hybridized carbons (Fsp3) is 0.151. The molecular weight excluding hydrogens is 1900 g/mol. The second kappa shape index (κ2) is 30.0. The van der Waals surface area contributed by atoms with E-state index in [-0.39, 0.29) is 230 Å². The van der Waals surface area contributed by atoms with E-state index in [2.05, 4.69) is 5.43 Å². The Bertz CT molecular complexity index is 9790. The van der Waals surface area contributed by atoms with Crippen molar-refractivity contribution in [3.8, 4) is 34.5 Å². The Morgan fingerprint density at radius 3 is 0.966 bits per heavy atom. The van der Waals surface area contributed by atoms with Gasteiger partial charge in [0, 0.05) is 125 Å². The number of hydrogen-bond donors (Lipinski definition) is 13. The third kappa shape index (κ3) is 11.0. The fourth-order valence-corrected chi connectivity index (χ4v) is 24.2. The summed E-state index contributed by atoms with van der Waals surface area (Å²) in [4.78, 5) is 85.5. The van der Waals surface area contributed by atoms with Crippen LogP contribution >= 0.6 is 0 Å². The highest BCUT2D eigenvalue weighted by atomic mass is 16.4. The van der Waals surface area contributed by atoms with E-state index in [4.69, 9.17) is 25.6 Å². The summed E-state index contributed by atoms with van der Waals surface area (Å²) in [5, 5.41) is 176. The van der Waals surface area contributed by atoms with Crippen molar-refractivity contribution >= 4 is 170 Å². The number of anilines is 2. The first-order valence-corrected chi connectivity index (χ1v) is 47.2. The lowest BCUT2D eigenvalue weighted by atomic mass is 9.96. The maximum absolute atomic E-state index is 14.8. The molecule has 42 heteroatoms. The molecule has 21 heterocycles. The molecule has 0 amide bonds. The molecule has 9 aliphatic rings. The van der Waals surface area contributed by atoms with Gasteiger partial charge in [-0.3, -0.25) is 0 Å². The first-order valence-electron chi connectivity index (χ1n) is 47.2. The number of carbonyl (C=O) groups is 6. The maximum atomic E-state index is 14.8. The van der Waals surface area contributed by atoms with E-state index in [9.17, 15) is 90.0 Å². The number of nitrogens with zero attached hydrogens (tertiary/aromatic N) is 23. The smallest absolute Gasteiger partial charge is 0.507 e. The maximum Gasteiger partial charge on any atom is 0.763 e. The molecule has 0 saturated carbocycles. The van der Waals surface area contributed by atoms with E-state index in [1.807, 2.05) is 79.8 Å². The van der Waals surface area contributed by atoms with Crippen molar-refractivity contribution < 1.29 is 168 Å². The zero-order chi connectivity index (χ0) is 102. The Balaban J connectivity index is 0.642. The number of phenolic OH excluding ortho intramolecular Hbond substituents is 6.